The molecule has 2 heterocycles. The largest absolute Gasteiger partial charge is 0.497 e. The number of ether oxygens (including phenoxy) is 2. The Morgan fingerprint density at radius 2 is 1.92 bits per heavy atom. The maximum atomic E-state index is 6.02. The molecule has 1 aliphatic rings. The minimum absolute atomic E-state index is 0.350. The lowest BCUT2D eigenvalue weighted by atomic mass is 10.0. The van der Waals surface area contributed by atoms with E-state index in [1.54, 1.807) is 20.4 Å². The average Bonchev–Trinajstić information content (AvgIpc) is 2.61. The first-order valence-corrected chi connectivity index (χ1v) is 8.42. The van der Waals surface area contributed by atoms with E-state index in [0.29, 0.717) is 11.2 Å². The van der Waals surface area contributed by atoms with Crippen LogP contribution in [0.3, 0.4) is 0 Å². The molecule has 1 saturated heterocycles. The fraction of sp³-hybridized carbons (Fsp3) is 0.389. The van der Waals surface area contributed by atoms with Crippen molar-refractivity contribution in [2.75, 3.05) is 37.5 Å². The Kier molecular flexibility index (Phi) is 5.30. The summed E-state index contributed by atoms with van der Waals surface area (Å²) in [6.07, 6.45) is 4.00. The maximum Gasteiger partial charge on any atom is 0.131 e. The molecule has 1 unspecified atom stereocenters. The molecular weight excluding hydrogens is 326 g/mol. The highest BCUT2D eigenvalue weighted by atomic mass is 35.5. The van der Waals surface area contributed by atoms with Gasteiger partial charge in [0.2, 0.25) is 0 Å². The molecule has 0 bridgehead atoms. The number of benzene rings is 1. The van der Waals surface area contributed by atoms with E-state index in [-0.39, 0.29) is 0 Å². The van der Waals surface area contributed by atoms with E-state index >= 15 is 0 Å². The molecule has 0 amide bonds. The SMILES string of the molecule is COc1cc(NC2CCCN(c3ccnc(Cl)c3)C2)cc(OC)c1. The molecule has 5 nitrogen and oxygen atoms in total. The van der Waals surface area contributed by atoms with Crippen LogP contribution in [0.4, 0.5) is 11.4 Å². The lowest BCUT2D eigenvalue weighted by molar-refractivity contribution is 0.394. The van der Waals surface area contributed by atoms with Crippen molar-refractivity contribution in [1.82, 2.24) is 4.98 Å². The fourth-order valence-corrected chi connectivity index (χ4v) is 3.21. The minimum atomic E-state index is 0.350. The molecule has 1 fully saturated rings. The van der Waals surface area contributed by atoms with Crippen LogP contribution in [0.15, 0.2) is 36.5 Å². The van der Waals surface area contributed by atoms with Gasteiger partial charge in [0.25, 0.3) is 0 Å². The Balaban J connectivity index is 1.71. The predicted octanol–water partition coefficient (Wildman–Crippen LogP) is 3.83. The van der Waals surface area contributed by atoms with Gasteiger partial charge in [0.05, 0.1) is 14.2 Å². The number of hydrogen-bond donors (Lipinski definition) is 1. The van der Waals surface area contributed by atoms with E-state index < -0.39 is 0 Å². The Hall–Kier alpha value is -2.14. The van der Waals surface area contributed by atoms with Gasteiger partial charge in [0.1, 0.15) is 16.7 Å². The molecule has 0 radical (unpaired) electrons. The summed E-state index contributed by atoms with van der Waals surface area (Å²) in [5.41, 5.74) is 2.12. The zero-order chi connectivity index (χ0) is 16.9. The van der Waals surface area contributed by atoms with Gasteiger partial charge in [0.15, 0.2) is 0 Å². The lowest BCUT2D eigenvalue weighted by Gasteiger charge is -2.35. The third kappa shape index (κ3) is 4.03. The van der Waals surface area contributed by atoms with Gasteiger partial charge in [-0.25, -0.2) is 4.98 Å². The van der Waals surface area contributed by atoms with Gasteiger partial charge in [-0.3, -0.25) is 0 Å². The molecule has 1 atom stereocenters. The molecule has 0 spiro atoms. The molecule has 2 aromatic rings. The standard InChI is InChI=1S/C18H22ClN3O2/c1-23-16-8-14(9-17(11-16)24-2)21-13-4-3-7-22(12-13)15-5-6-20-18(19)10-15/h5-6,8-11,13,21H,3-4,7,12H2,1-2H3. The average molecular weight is 348 g/mol. The monoisotopic (exact) mass is 347 g/mol. The molecule has 1 aliphatic heterocycles. The molecule has 1 N–H and O–H groups in total. The number of hydrogen-bond acceptors (Lipinski definition) is 5. The second-order valence-electron chi connectivity index (χ2n) is 5.87. The van der Waals surface area contributed by atoms with Crippen LogP contribution in [-0.2, 0) is 0 Å². The Labute approximate surface area is 147 Å². The van der Waals surface area contributed by atoms with Crippen molar-refractivity contribution < 1.29 is 9.47 Å². The van der Waals surface area contributed by atoms with Crippen molar-refractivity contribution in [3.05, 3.63) is 41.7 Å². The van der Waals surface area contributed by atoms with Crippen molar-refractivity contribution in [2.45, 2.75) is 18.9 Å². The van der Waals surface area contributed by atoms with Crippen molar-refractivity contribution in [2.24, 2.45) is 0 Å². The summed E-state index contributed by atoms with van der Waals surface area (Å²) >= 11 is 6.02. The highest BCUT2D eigenvalue weighted by Gasteiger charge is 2.20. The van der Waals surface area contributed by atoms with E-state index in [1.807, 2.05) is 30.3 Å². The van der Waals surface area contributed by atoms with Crippen LogP contribution in [0.25, 0.3) is 0 Å². The zero-order valence-corrected chi connectivity index (χ0v) is 14.7. The highest BCUT2D eigenvalue weighted by molar-refractivity contribution is 6.29. The Morgan fingerprint density at radius 1 is 1.17 bits per heavy atom. The van der Waals surface area contributed by atoms with Crippen LogP contribution >= 0.6 is 11.6 Å². The molecule has 3 rings (SSSR count). The van der Waals surface area contributed by atoms with Gasteiger partial charge < -0.3 is 19.7 Å². The number of nitrogens with zero attached hydrogens (tertiary/aromatic N) is 2. The second-order valence-corrected chi connectivity index (χ2v) is 6.25. The number of methoxy groups -OCH3 is 2. The number of nitrogens with one attached hydrogen (secondary N) is 1. The summed E-state index contributed by atoms with van der Waals surface area (Å²) < 4.78 is 10.7. The van der Waals surface area contributed by atoms with Crippen molar-refractivity contribution in [3.8, 4) is 11.5 Å². The van der Waals surface area contributed by atoms with Gasteiger partial charge >= 0.3 is 0 Å². The smallest absolute Gasteiger partial charge is 0.131 e. The van der Waals surface area contributed by atoms with Crippen LogP contribution in [0.5, 0.6) is 11.5 Å². The fourth-order valence-electron chi connectivity index (χ4n) is 3.04. The van der Waals surface area contributed by atoms with Crippen LogP contribution in [0.1, 0.15) is 12.8 Å². The number of pyridine rings is 1. The van der Waals surface area contributed by atoms with Crippen LogP contribution in [0.2, 0.25) is 5.15 Å². The normalized spacial score (nSPS) is 17.5. The van der Waals surface area contributed by atoms with Crippen LogP contribution in [0, 0.1) is 0 Å². The van der Waals surface area contributed by atoms with E-state index in [4.69, 9.17) is 21.1 Å². The summed E-state index contributed by atoms with van der Waals surface area (Å²) in [7, 11) is 3.32. The summed E-state index contributed by atoms with van der Waals surface area (Å²) in [5, 5.41) is 4.12. The third-order valence-electron chi connectivity index (χ3n) is 4.22. The summed E-state index contributed by atoms with van der Waals surface area (Å²) in [5.74, 6) is 1.57. The third-order valence-corrected chi connectivity index (χ3v) is 4.43. The summed E-state index contributed by atoms with van der Waals surface area (Å²) in [6, 6.07) is 10.1. The molecule has 1 aromatic carbocycles. The van der Waals surface area contributed by atoms with Gasteiger partial charge in [-0.05, 0) is 25.0 Å². The first-order valence-electron chi connectivity index (χ1n) is 8.04. The molecular formula is C18H22ClN3O2. The van der Waals surface area contributed by atoms with Gasteiger partial charge in [-0.1, -0.05) is 11.6 Å². The van der Waals surface area contributed by atoms with Crippen molar-refractivity contribution >= 4 is 23.0 Å². The number of rotatable bonds is 5. The summed E-state index contributed by atoms with van der Waals surface area (Å²) in [6.45, 7) is 1.94. The highest BCUT2D eigenvalue weighted by Crippen LogP contribution is 2.28. The molecule has 128 valence electrons. The molecule has 24 heavy (non-hydrogen) atoms. The minimum Gasteiger partial charge on any atom is -0.497 e. The van der Waals surface area contributed by atoms with Crippen molar-refractivity contribution in [3.63, 3.8) is 0 Å². The van der Waals surface area contributed by atoms with E-state index in [2.05, 4.69) is 15.2 Å². The quantitative estimate of drug-likeness (QED) is 0.833. The number of anilines is 2. The van der Waals surface area contributed by atoms with Crippen LogP contribution in [-0.4, -0.2) is 38.3 Å². The lowest BCUT2D eigenvalue weighted by Crippen LogP contribution is -2.42. The predicted molar refractivity (Wildman–Crippen MR) is 97.7 cm³/mol. The van der Waals surface area contributed by atoms with Crippen molar-refractivity contribution in [1.29, 1.82) is 0 Å². The second kappa shape index (κ2) is 7.62. The molecule has 6 heteroatoms. The zero-order valence-electron chi connectivity index (χ0n) is 14.0. The molecule has 1 aromatic heterocycles. The first-order chi connectivity index (χ1) is 11.7. The number of halogens is 1. The first kappa shape index (κ1) is 16.7. The van der Waals surface area contributed by atoms with Gasteiger partial charge in [-0.2, -0.15) is 0 Å². The van der Waals surface area contributed by atoms with Gasteiger partial charge in [-0.15, -0.1) is 0 Å². The summed E-state index contributed by atoms with van der Waals surface area (Å²) in [4.78, 5) is 6.39. The molecule has 0 saturated carbocycles. The van der Waals surface area contributed by atoms with E-state index in [0.717, 1.165) is 48.8 Å². The van der Waals surface area contributed by atoms with E-state index in [1.165, 1.54) is 0 Å². The molecule has 0 aliphatic carbocycles. The number of piperidine rings is 1. The van der Waals surface area contributed by atoms with E-state index in [9.17, 15) is 0 Å². The Morgan fingerprint density at radius 3 is 2.58 bits per heavy atom. The topological polar surface area (TPSA) is 46.6 Å². The van der Waals surface area contributed by atoms with Crippen LogP contribution < -0.4 is 19.7 Å². The maximum absolute atomic E-state index is 6.02. The van der Waals surface area contributed by atoms with Gasteiger partial charge in [0, 0.05) is 54.9 Å². The Bertz CT molecular complexity index is 673. The number of aromatic nitrogens is 1.